The highest BCUT2D eigenvalue weighted by atomic mass is 16.5. The van der Waals surface area contributed by atoms with Crippen LogP contribution >= 0.6 is 0 Å². The molecule has 4 aromatic rings. The third-order valence-corrected chi connectivity index (χ3v) is 4.51. The third-order valence-electron chi connectivity index (χ3n) is 4.51. The maximum absolute atomic E-state index is 11.8. The van der Waals surface area contributed by atoms with Crippen molar-refractivity contribution in [2.24, 2.45) is 0 Å². The highest BCUT2D eigenvalue weighted by Gasteiger charge is 2.36. The van der Waals surface area contributed by atoms with Crippen LogP contribution in [0.2, 0.25) is 0 Å². The number of ether oxygens (including phenoxy) is 1. The zero-order valence-corrected chi connectivity index (χ0v) is 14.3. The quantitative estimate of drug-likeness (QED) is 0.611. The van der Waals surface area contributed by atoms with E-state index in [4.69, 9.17) is 9.72 Å². The number of para-hydroxylation sites is 1. The van der Waals surface area contributed by atoms with E-state index in [9.17, 15) is 5.11 Å². The number of nitrogens with zero attached hydrogens (tertiary/aromatic N) is 2. The number of benzene rings is 2. The van der Waals surface area contributed by atoms with Crippen molar-refractivity contribution in [2.45, 2.75) is 5.60 Å². The van der Waals surface area contributed by atoms with Gasteiger partial charge in [-0.05, 0) is 42.0 Å². The lowest BCUT2D eigenvalue weighted by atomic mass is 9.86. The average Bonchev–Trinajstić information content (AvgIpc) is 2.73. The van der Waals surface area contributed by atoms with E-state index in [1.807, 2.05) is 72.8 Å². The van der Waals surface area contributed by atoms with E-state index in [1.165, 1.54) is 0 Å². The van der Waals surface area contributed by atoms with Crippen molar-refractivity contribution in [2.75, 3.05) is 7.11 Å². The van der Waals surface area contributed by atoms with Gasteiger partial charge in [-0.2, -0.15) is 0 Å². The number of aromatic nitrogens is 2. The summed E-state index contributed by atoms with van der Waals surface area (Å²) in [6, 6.07) is 24.5. The van der Waals surface area contributed by atoms with Crippen LogP contribution in [0.15, 0.2) is 85.1 Å². The Kier molecular flexibility index (Phi) is 4.11. The molecule has 1 unspecified atom stereocenters. The zero-order chi connectivity index (χ0) is 18.0. The monoisotopic (exact) mass is 342 g/mol. The molecule has 0 amide bonds. The van der Waals surface area contributed by atoms with Crippen molar-refractivity contribution < 1.29 is 9.84 Å². The molecule has 4 heteroatoms. The summed E-state index contributed by atoms with van der Waals surface area (Å²) in [5, 5.41) is 12.8. The normalized spacial score (nSPS) is 13.3. The summed E-state index contributed by atoms with van der Waals surface area (Å²) >= 11 is 0. The Morgan fingerprint density at radius 1 is 0.808 bits per heavy atom. The van der Waals surface area contributed by atoms with E-state index >= 15 is 0 Å². The van der Waals surface area contributed by atoms with E-state index < -0.39 is 5.60 Å². The molecular formula is C22H18N2O2. The number of methoxy groups -OCH3 is 1. The van der Waals surface area contributed by atoms with Crippen molar-refractivity contribution in [3.8, 4) is 5.75 Å². The van der Waals surface area contributed by atoms with Gasteiger partial charge >= 0.3 is 0 Å². The molecule has 1 N–H and O–H groups in total. The molecule has 0 saturated carbocycles. The second-order valence-corrected chi connectivity index (χ2v) is 6.04. The molecular weight excluding hydrogens is 324 g/mol. The maximum atomic E-state index is 11.8. The lowest BCUT2D eigenvalue weighted by Gasteiger charge is -2.28. The highest BCUT2D eigenvalue weighted by Crippen LogP contribution is 2.35. The summed E-state index contributed by atoms with van der Waals surface area (Å²) in [7, 11) is 1.62. The van der Waals surface area contributed by atoms with Gasteiger partial charge in [0.2, 0.25) is 0 Å². The summed E-state index contributed by atoms with van der Waals surface area (Å²) in [6.45, 7) is 0. The van der Waals surface area contributed by atoms with Gasteiger partial charge in [0.1, 0.15) is 5.75 Å². The van der Waals surface area contributed by atoms with Gasteiger partial charge in [0.05, 0.1) is 24.0 Å². The van der Waals surface area contributed by atoms with Crippen LogP contribution in [0.4, 0.5) is 0 Å². The van der Waals surface area contributed by atoms with Crippen LogP contribution in [0.25, 0.3) is 10.9 Å². The second-order valence-electron chi connectivity index (χ2n) is 6.04. The molecule has 0 spiro atoms. The first-order valence-electron chi connectivity index (χ1n) is 8.36. The molecule has 0 saturated heterocycles. The molecule has 2 aromatic carbocycles. The lowest BCUT2D eigenvalue weighted by Crippen LogP contribution is -2.31. The molecule has 26 heavy (non-hydrogen) atoms. The number of fused-ring (bicyclic) bond motifs is 1. The zero-order valence-electron chi connectivity index (χ0n) is 14.3. The largest absolute Gasteiger partial charge is 0.497 e. The Bertz CT molecular complexity index is 1030. The predicted octanol–water partition coefficient (Wildman–Crippen LogP) is 3.92. The summed E-state index contributed by atoms with van der Waals surface area (Å²) in [5.74, 6) is 0.726. The minimum absolute atomic E-state index is 0.521. The Morgan fingerprint density at radius 2 is 1.58 bits per heavy atom. The van der Waals surface area contributed by atoms with Gasteiger partial charge in [-0.15, -0.1) is 0 Å². The molecule has 0 fully saturated rings. The Morgan fingerprint density at radius 3 is 2.31 bits per heavy atom. The van der Waals surface area contributed by atoms with Crippen molar-refractivity contribution in [3.05, 3.63) is 102 Å². The number of hydrogen-bond donors (Lipinski definition) is 1. The van der Waals surface area contributed by atoms with Crippen molar-refractivity contribution >= 4 is 10.9 Å². The van der Waals surface area contributed by atoms with Crippen LogP contribution in [0, 0.1) is 0 Å². The average molecular weight is 342 g/mol. The van der Waals surface area contributed by atoms with E-state index in [2.05, 4.69) is 4.98 Å². The number of hydrogen-bond acceptors (Lipinski definition) is 4. The van der Waals surface area contributed by atoms with Gasteiger partial charge in [-0.25, -0.2) is 4.98 Å². The lowest BCUT2D eigenvalue weighted by molar-refractivity contribution is 0.116. The van der Waals surface area contributed by atoms with Crippen LogP contribution in [-0.2, 0) is 5.60 Å². The van der Waals surface area contributed by atoms with Crippen LogP contribution in [0.1, 0.15) is 17.0 Å². The van der Waals surface area contributed by atoms with E-state index in [1.54, 1.807) is 19.4 Å². The van der Waals surface area contributed by atoms with E-state index in [0.717, 1.165) is 16.7 Å². The molecule has 128 valence electrons. The maximum Gasteiger partial charge on any atom is 0.174 e. The summed E-state index contributed by atoms with van der Waals surface area (Å²) in [6.07, 6.45) is 1.67. The summed E-state index contributed by atoms with van der Waals surface area (Å²) in [4.78, 5) is 9.13. The van der Waals surface area contributed by atoms with Crippen LogP contribution < -0.4 is 4.74 Å². The third kappa shape index (κ3) is 2.70. The van der Waals surface area contributed by atoms with Crippen LogP contribution in [-0.4, -0.2) is 22.2 Å². The SMILES string of the molecule is COc1ccc(C(O)(c2ccccn2)c2ccc3ccccc3n2)cc1. The fourth-order valence-corrected chi connectivity index (χ4v) is 3.10. The number of pyridine rings is 2. The molecule has 0 aliphatic rings. The van der Waals surface area contributed by atoms with Gasteiger partial charge in [0.15, 0.2) is 5.60 Å². The Hall–Kier alpha value is -3.24. The van der Waals surface area contributed by atoms with Crippen molar-refractivity contribution in [1.29, 1.82) is 0 Å². The minimum atomic E-state index is -1.46. The van der Waals surface area contributed by atoms with E-state index in [-0.39, 0.29) is 0 Å². The standard InChI is InChI=1S/C22H18N2O2/c1-26-18-12-10-17(11-13-18)22(25,20-8-4-5-15-23-20)21-14-9-16-6-2-3-7-19(16)24-21/h2-15,25H,1H3. The topological polar surface area (TPSA) is 55.2 Å². The predicted molar refractivity (Wildman–Crippen MR) is 101 cm³/mol. The molecule has 1 atom stereocenters. The first kappa shape index (κ1) is 16.2. The summed E-state index contributed by atoms with van der Waals surface area (Å²) in [5.41, 5.74) is 1.10. The first-order chi connectivity index (χ1) is 12.7. The molecule has 4 rings (SSSR count). The summed E-state index contributed by atoms with van der Waals surface area (Å²) < 4.78 is 5.24. The van der Waals surface area contributed by atoms with Crippen molar-refractivity contribution in [3.63, 3.8) is 0 Å². The fourth-order valence-electron chi connectivity index (χ4n) is 3.10. The first-order valence-corrected chi connectivity index (χ1v) is 8.36. The minimum Gasteiger partial charge on any atom is -0.497 e. The fraction of sp³-hybridized carbons (Fsp3) is 0.0909. The molecule has 0 aliphatic carbocycles. The van der Waals surface area contributed by atoms with Gasteiger partial charge in [-0.1, -0.05) is 42.5 Å². The molecule has 2 heterocycles. The van der Waals surface area contributed by atoms with Gasteiger partial charge in [0.25, 0.3) is 0 Å². The van der Waals surface area contributed by atoms with Crippen molar-refractivity contribution in [1.82, 2.24) is 9.97 Å². The second kappa shape index (κ2) is 6.58. The Balaban J connectivity index is 1.94. The molecule has 4 nitrogen and oxygen atoms in total. The Labute approximate surface area is 151 Å². The highest BCUT2D eigenvalue weighted by molar-refractivity contribution is 5.78. The van der Waals surface area contributed by atoms with Gasteiger partial charge in [0, 0.05) is 11.6 Å². The van der Waals surface area contributed by atoms with Crippen LogP contribution in [0.3, 0.4) is 0 Å². The van der Waals surface area contributed by atoms with Gasteiger partial charge in [-0.3, -0.25) is 4.98 Å². The molecule has 2 aromatic heterocycles. The van der Waals surface area contributed by atoms with E-state index in [0.29, 0.717) is 17.0 Å². The van der Waals surface area contributed by atoms with Gasteiger partial charge < -0.3 is 9.84 Å². The molecule has 0 radical (unpaired) electrons. The molecule has 0 bridgehead atoms. The molecule has 0 aliphatic heterocycles. The number of aliphatic hydroxyl groups is 1. The number of rotatable bonds is 4. The van der Waals surface area contributed by atoms with Crippen LogP contribution in [0.5, 0.6) is 5.75 Å². The smallest absolute Gasteiger partial charge is 0.174 e.